The maximum atomic E-state index is 10.7. The molecule has 1 aromatic rings. The minimum atomic E-state index is 0.122. The first-order chi connectivity index (χ1) is 7.59. The van der Waals surface area contributed by atoms with Crippen LogP contribution in [0.4, 0.5) is 0 Å². The lowest BCUT2D eigenvalue weighted by atomic mass is 10.3. The van der Waals surface area contributed by atoms with Crippen molar-refractivity contribution in [3.8, 4) is 5.75 Å². The van der Waals surface area contributed by atoms with Crippen molar-refractivity contribution < 1.29 is 9.90 Å². The zero-order valence-corrected chi connectivity index (χ0v) is 11.2. The topological polar surface area (TPSA) is 50.2 Å². The summed E-state index contributed by atoms with van der Waals surface area (Å²) in [6.45, 7) is 1.55. The molecule has 0 unspecified atom stereocenters. The molecule has 0 saturated heterocycles. The lowest BCUT2D eigenvalue weighted by molar-refractivity contribution is -0.109. The Morgan fingerprint density at radius 2 is 2.38 bits per heavy atom. The second kappa shape index (κ2) is 6.70. The van der Waals surface area contributed by atoms with Crippen LogP contribution in [0.1, 0.15) is 19.0 Å². The molecule has 0 aliphatic heterocycles. The molecule has 16 heavy (non-hydrogen) atoms. The van der Waals surface area contributed by atoms with Crippen LogP contribution in [-0.4, -0.2) is 21.0 Å². The van der Waals surface area contributed by atoms with Gasteiger partial charge in [-0.05, 0) is 40.6 Å². The molecule has 0 atom stereocenters. The van der Waals surface area contributed by atoms with Gasteiger partial charge >= 0.3 is 0 Å². The summed E-state index contributed by atoms with van der Waals surface area (Å²) < 4.78 is 0.683. The number of thioether (sulfide) groups is 1. The zero-order valence-electron chi connectivity index (χ0n) is 8.81. The predicted molar refractivity (Wildman–Crippen MR) is 70.4 cm³/mol. The molecule has 5 heteroatoms. The fourth-order valence-electron chi connectivity index (χ4n) is 1.03. The molecule has 0 aliphatic carbocycles. The van der Waals surface area contributed by atoms with Gasteiger partial charge in [0.15, 0.2) is 5.12 Å². The van der Waals surface area contributed by atoms with Gasteiger partial charge in [-0.15, -0.1) is 0 Å². The number of nitrogens with zero attached hydrogens (tertiary/aromatic N) is 1. The van der Waals surface area contributed by atoms with Gasteiger partial charge in [-0.2, -0.15) is 0 Å². The number of carbonyl (C=O) groups excluding carboxylic acids is 1. The quantitative estimate of drug-likeness (QED) is 0.685. The summed E-state index contributed by atoms with van der Waals surface area (Å²) in [5.41, 5.74) is 0.530. The maximum absolute atomic E-state index is 10.7. The first kappa shape index (κ1) is 13.3. The minimum absolute atomic E-state index is 0.122. The van der Waals surface area contributed by atoms with Crippen LogP contribution in [0.3, 0.4) is 0 Å². The van der Waals surface area contributed by atoms with Gasteiger partial charge in [0.25, 0.3) is 0 Å². The van der Waals surface area contributed by atoms with Crippen LogP contribution in [0.15, 0.2) is 22.8 Å². The Morgan fingerprint density at radius 1 is 1.62 bits per heavy atom. The highest BCUT2D eigenvalue weighted by atomic mass is 79.9. The molecule has 0 aliphatic rings. The van der Waals surface area contributed by atoms with Gasteiger partial charge in [-0.3, -0.25) is 4.79 Å². The summed E-state index contributed by atoms with van der Waals surface area (Å²) in [5.74, 6) is 0.902. The van der Waals surface area contributed by atoms with Crippen LogP contribution in [0.2, 0.25) is 0 Å². The Balaban J connectivity index is 2.49. The molecule has 0 saturated carbocycles. The van der Waals surface area contributed by atoms with Crippen LogP contribution in [0, 0.1) is 0 Å². The van der Waals surface area contributed by atoms with Crippen molar-refractivity contribution in [1.82, 2.24) is 4.98 Å². The number of halogens is 1. The molecule has 1 aromatic heterocycles. The van der Waals surface area contributed by atoms with E-state index in [0.717, 1.165) is 12.2 Å². The van der Waals surface area contributed by atoms with Crippen molar-refractivity contribution in [3.63, 3.8) is 0 Å². The number of pyridine rings is 1. The van der Waals surface area contributed by atoms with E-state index in [2.05, 4.69) is 20.9 Å². The molecule has 1 heterocycles. The maximum Gasteiger partial charge on any atom is 0.185 e. The first-order valence-corrected chi connectivity index (χ1v) is 6.53. The van der Waals surface area contributed by atoms with Crippen LogP contribution in [0.5, 0.6) is 5.75 Å². The second-order valence-electron chi connectivity index (χ2n) is 3.07. The standard InChI is InChI=1S/C11H12BrNO2S/c1-8(14)16-7-3-2-4-9-10(15)5-6-11(12)13-9/h2,4-6,15H,3,7H2,1H3. The van der Waals surface area contributed by atoms with E-state index in [1.807, 2.05) is 6.08 Å². The molecular weight excluding hydrogens is 290 g/mol. The Hall–Kier alpha value is -0.810. The first-order valence-electron chi connectivity index (χ1n) is 4.75. The van der Waals surface area contributed by atoms with Crippen molar-refractivity contribution in [2.45, 2.75) is 13.3 Å². The Bertz CT molecular complexity index is 407. The third-order valence-corrected chi connectivity index (χ3v) is 3.02. The van der Waals surface area contributed by atoms with E-state index >= 15 is 0 Å². The third kappa shape index (κ3) is 4.81. The lowest BCUT2D eigenvalue weighted by Gasteiger charge is -1.98. The van der Waals surface area contributed by atoms with Crippen molar-refractivity contribution in [2.24, 2.45) is 0 Å². The van der Waals surface area contributed by atoms with E-state index in [1.54, 1.807) is 25.1 Å². The third-order valence-electron chi connectivity index (χ3n) is 1.73. The van der Waals surface area contributed by atoms with E-state index in [9.17, 15) is 9.90 Å². The summed E-state index contributed by atoms with van der Waals surface area (Å²) in [6.07, 6.45) is 4.42. The molecule has 0 spiro atoms. The summed E-state index contributed by atoms with van der Waals surface area (Å²) >= 11 is 4.52. The smallest absolute Gasteiger partial charge is 0.185 e. The van der Waals surface area contributed by atoms with Gasteiger partial charge in [0.1, 0.15) is 16.0 Å². The molecule has 0 radical (unpaired) electrons. The Morgan fingerprint density at radius 3 is 3.06 bits per heavy atom. The van der Waals surface area contributed by atoms with Crippen LogP contribution in [-0.2, 0) is 4.79 Å². The number of hydrogen-bond acceptors (Lipinski definition) is 4. The van der Waals surface area contributed by atoms with Crippen molar-refractivity contribution in [1.29, 1.82) is 0 Å². The second-order valence-corrected chi connectivity index (χ2v) is 5.15. The molecule has 1 N–H and O–H groups in total. The van der Waals surface area contributed by atoms with Crippen LogP contribution < -0.4 is 0 Å². The lowest BCUT2D eigenvalue weighted by Crippen LogP contribution is -1.85. The van der Waals surface area contributed by atoms with E-state index in [0.29, 0.717) is 10.3 Å². The average Bonchev–Trinajstić information content (AvgIpc) is 2.22. The van der Waals surface area contributed by atoms with Gasteiger partial charge in [0.2, 0.25) is 0 Å². The number of rotatable bonds is 4. The Kier molecular flexibility index (Phi) is 5.55. The minimum Gasteiger partial charge on any atom is -0.506 e. The number of hydrogen-bond donors (Lipinski definition) is 1. The molecular formula is C11H12BrNO2S. The Labute approximate surface area is 107 Å². The molecule has 3 nitrogen and oxygen atoms in total. The van der Waals surface area contributed by atoms with Gasteiger partial charge in [-0.1, -0.05) is 17.8 Å². The number of aromatic nitrogens is 1. The monoisotopic (exact) mass is 301 g/mol. The summed E-state index contributed by atoms with van der Waals surface area (Å²) in [6, 6.07) is 3.26. The molecule has 86 valence electrons. The molecule has 0 fully saturated rings. The van der Waals surface area contributed by atoms with E-state index in [-0.39, 0.29) is 10.9 Å². The van der Waals surface area contributed by atoms with Gasteiger partial charge in [0, 0.05) is 12.7 Å². The number of aromatic hydroxyl groups is 1. The van der Waals surface area contributed by atoms with E-state index in [4.69, 9.17) is 0 Å². The summed E-state index contributed by atoms with van der Waals surface area (Å²) in [4.78, 5) is 14.8. The van der Waals surface area contributed by atoms with Gasteiger partial charge < -0.3 is 5.11 Å². The van der Waals surface area contributed by atoms with Crippen LogP contribution >= 0.6 is 27.7 Å². The van der Waals surface area contributed by atoms with Gasteiger partial charge in [-0.25, -0.2) is 4.98 Å². The van der Waals surface area contributed by atoms with Crippen molar-refractivity contribution >= 4 is 38.9 Å². The summed E-state index contributed by atoms with van der Waals surface area (Å²) in [7, 11) is 0. The fourth-order valence-corrected chi connectivity index (χ4v) is 1.90. The molecule has 1 rings (SSSR count). The highest BCUT2D eigenvalue weighted by Crippen LogP contribution is 2.19. The van der Waals surface area contributed by atoms with Crippen molar-refractivity contribution in [2.75, 3.05) is 5.75 Å². The van der Waals surface area contributed by atoms with Crippen molar-refractivity contribution in [3.05, 3.63) is 28.5 Å². The fraction of sp³-hybridized carbons (Fsp3) is 0.273. The summed E-state index contributed by atoms with van der Waals surface area (Å²) in [5, 5.41) is 9.61. The average molecular weight is 302 g/mol. The van der Waals surface area contributed by atoms with Crippen LogP contribution in [0.25, 0.3) is 6.08 Å². The molecule has 0 bridgehead atoms. The number of allylic oxidation sites excluding steroid dienone is 1. The highest BCUT2D eigenvalue weighted by molar-refractivity contribution is 9.10. The van der Waals surface area contributed by atoms with E-state index < -0.39 is 0 Å². The SMILES string of the molecule is CC(=O)SCCC=Cc1nc(Br)ccc1O. The molecule has 0 amide bonds. The highest BCUT2D eigenvalue weighted by Gasteiger charge is 1.99. The predicted octanol–water partition coefficient (Wildman–Crippen LogP) is 3.23. The number of carbonyl (C=O) groups is 1. The van der Waals surface area contributed by atoms with E-state index in [1.165, 1.54) is 11.8 Å². The molecule has 0 aromatic carbocycles. The van der Waals surface area contributed by atoms with Gasteiger partial charge in [0.05, 0.1) is 0 Å². The normalized spacial score (nSPS) is 10.9. The largest absolute Gasteiger partial charge is 0.506 e. The zero-order chi connectivity index (χ0) is 12.0.